The van der Waals surface area contributed by atoms with Crippen LogP contribution in [0.5, 0.6) is 0 Å². The molecule has 1 amide bonds. The predicted octanol–water partition coefficient (Wildman–Crippen LogP) is 2.26. The molecule has 1 aliphatic heterocycles. The summed E-state index contributed by atoms with van der Waals surface area (Å²) in [7, 11) is 0. The first-order chi connectivity index (χ1) is 8.78. The standard InChI is InChI=1S/C11H16F3NO4/c12-11(13,14)7-19-10(18)15-5-3-8(4-6-15)1-2-9(16)17/h8H,1-7H2,(H,16,17). The number of carbonyl (C=O) groups excluding carboxylic acids is 1. The van der Waals surface area contributed by atoms with Gasteiger partial charge in [0.15, 0.2) is 6.61 Å². The van der Waals surface area contributed by atoms with E-state index in [2.05, 4.69) is 4.74 Å². The smallest absolute Gasteiger partial charge is 0.422 e. The summed E-state index contributed by atoms with van der Waals surface area (Å²) in [5.74, 6) is -0.671. The zero-order valence-electron chi connectivity index (χ0n) is 10.3. The zero-order chi connectivity index (χ0) is 14.5. The Balaban J connectivity index is 2.25. The molecule has 1 N–H and O–H groups in total. The monoisotopic (exact) mass is 283 g/mol. The highest BCUT2D eigenvalue weighted by molar-refractivity contribution is 5.68. The van der Waals surface area contributed by atoms with Crippen molar-refractivity contribution >= 4 is 12.1 Å². The molecule has 1 heterocycles. The molecule has 0 atom stereocenters. The highest BCUT2D eigenvalue weighted by Crippen LogP contribution is 2.23. The lowest BCUT2D eigenvalue weighted by Crippen LogP contribution is -2.40. The quantitative estimate of drug-likeness (QED) is 0.859. The number of likely N-dealkylation sites (tertiary alicyclic amines) is 1. The van der Waals surface area contributed by atoms with Crippen LogP contribution >= 0.6 is 0 Å². The van der Waals surface area contributed by atoms with Gasteiger partial charge >= 0.3 is 18.2 Å². The van der Waals surface area contributed by atoms with E-state index in [-0.39, 0.29) is 12.3 Å². The third kappa shape index (κ3) is 6.30. The summed E-state index contributed by atoms with van der Waals surface area (Å²) in [4.78, 5) is 23.0. The minimum atomic E-state index is -4.52. The largest absolute Gasteiger partial charge is 0.481 e. The molecule has 0 aromatic heterocycles. The highest BCUT2D eigenvalue weighted by atomic mass is 19.4. The van der Waals surface area contributed by atoms with Gasteiger partial charge < -0.3 is 14.7 Å². The molecule has 1 fully saturated rings. The van der Waals surface area contributed by atoms with Crippen molar-refractivity contribution in [2.45, 2.75) is 31.9 Å². The number of carbonyl (C=O) groups is 2. The number of piperidine rings is 1. The van der Waals surface area contributed by atoms with Crippen molar-refractivity contribution in [3.05, 3.63) is 0 Å². The van der Waals surface area contributed by atoms with Gasteiger partial charge in [-0.05, 0) is 25.2 Å². The van der Waals surface area contributed by atoms with Gasteiger partial charge in [-0.3, -0.25) is 4.79 Å². The lowest BCUT2D eigenvalue weighted by Gasteiger charge is -2.31. The summed E-state index contributed by atoms with van der Waals surface area (Å²) in [6.07, 6.45) is -3.70. The second kappa shape index (κ2) is 6.63. The fourth-order valence-corrected chi connectivity index (χ4v) is 1.97. The van der Waals surface area contributed by atoms with Crippen LogP contribution in [0.1, 0.15) is 25.7 Å². The highest BCUT2D eigenvalue weighted by Gasteiger charge is 2.31. The van der Waals surface area contributed by atoms with Gasteiger partial charge in [-0.15, -0.1) is 0 Å². The summed E-state index contributed by atoms with van der Waals surface area (Å²) in [5, 5.41) is 8.54. The molecule has 1 saturated heterocycles. The summed E-state index contributed by atoms with van der Waals surface area (Å²) in [6, 6.07) is 0. The van der Waals surface area contributed by atoms with Crippen molar-refractivity contribution in [1.82, 2.24) is 4.90 Å². The van der Waals surface area contributed by atoms with Gasteiger partial charge in [0.1, 0.15) is 0 Å². The predicted molar refractivity (Wildman–Crippen MR) is 58.6 cm³/mol. The number of carboxylic acid groups (broad SMARTS) is 1. The molecular formula is C11H16F3NO4. The van der Waals surface area contributed by atoms with Gasteiger partial charge in [0.25, 0.3) is 0 Å². The number of hydrogen-bond donors (Lipinski definition) is 1. The van der Waals surface area contributed by atoms with E-state index in [1.54, 1.807) is 0 Å². The van der Waals surface area contributed by atoms with E-state index in [9.17, 15) is 22.8 Å². The molecule has 0 bridgehead atoms. The van der Waals surface area contributed by atoms with Crippen LogP contribution in [0.3, 0.4) is 0 Å². The van der Waals surface area contributed by atoms with Crippen molar-refractivity contribution in [3.63, 3.8) is 0 Å². The second-order valence-electron chi connectivity index (χ2n) is 4.53. The maximum absolute atomic E-state index is 11.9. The number of hydrogen-bond acceptors (Lipinski definition) is 3. The van der Waals surface area contributed by atoms with Gasteiger partial charge in [0.05, 0.1) is 0 Å². The Morgan fingerprint density at radius 1 is 1.26 bits per heavy atom. The maximum atomic E-state index is 11.9. The molecule has 8 heteroatoms. The molecule has 1 rings (SSSR count). The summed E-state index contributed by atoms with van der Waals surface area (Å²) >= 11 is 0. The number of ether oxygens (including phenoxy) is 1. The minimum absolute atomic E-state index is 0.0726. The molecule has 0 spiro atoms. The minimum Gasteiger partial charge on any atom is -0.481 e. The van der Waals surface area contributed by atoms with E-state index in [1.165, 1.54) is 4.90 Å². The van der Waals surface area contributed by atoms with Crippen molar-refractivity contribution in [3.8, 4) is 0 Å². The average molecular weight is 283 g/mol. The fraction of sp³-hybridized carbons (Fsp3) is 0.818. The Labute approximate surface area is 108 Å². The Kier molecular flexibility index (Phi) is 5.44. The Morgan fingerprint density at radius 3 is 2.32 bits per heavy atom. The van der Waals surface area contributed by atoms with E-state index >= 15 is 0 Å². The molecule has 0 aromatic carbocycles. The maximum Gasteiger partial charge on any atom is 0.422 e. The number of rotatable bonds is 4. The SMILES string of the molecule is O=C(O)CCC1CCN(C(=O)OCC(F)(F)F)CC1. The number of halogens is 3. The van der Waals surface area contributed by atoms with E-state index in [0.29, 0.717) is 32.4 Å². The van der Waals surface area contributed by atoms with E-state index in [1.807, 2.05) is 0 Å². The van der Waals surface area contributed by atoms with Gasteiger partial charge in [-0.1, -0.05) is 0 Å². The lowest BCUT2D eigenvalue weighted by atomic mass is 9.92. The Hall–Kier alpha value is -1.47. The lowest BCUT2D eigenvalue weighted by molar-refractivity contribution is -0.162. The summed E-state index contributed by atoms with van der Waals surface area (Å²) in [6.45, 7) is -0.966. The van der Waals surface area contributed by atoms with Crippen LogP contribution in [-0.2, 0) is 9.53 Å². The molecule has 0 unspecified atom stereocenters. The number of carboxylic acids is 1. The van der Waals surface area contributed by atoms with Crippen LogP contribution in [-0.4, -0.2) is 47.9 Å². The van der Waals surface area contributed by atoms with Gasteiger partial charge in [-0.25, -0.2) is 4.79 Å². The van der Waals surface area contributed by atoms with Crippen LogP contribution in [0.25, 0.3) is 0 Å². The number of amides is 1. The zero-order valence-corrected chi connectivity index (χ0v) is 10.3. The van der Waals surface area contributed by atoms with Gasteiger partial charge in [0.2, 0.25) is 0 Å². The molecule has 0 aliphatic carbocycles. The van der Waals surface area contributed by atoms with E-state index < -0.39 is 24.8 Å². The molecule has 0 radical (unpaired) electrons. The van der Waals surface area contributed by atoms with E-state index in [0.717, 1.165) is 0 Å². The third-order valence-electron chi connectivity index (χ3n) is 3.00. The average Bonchev–Trinajstić information content (AvgIpc) is 2.33. The molecule has 0 aromatic rings. The molecule has 0 saturated carbocycles. The van der Waals surface area contributed by atoms with Crippen molar-refractivity contribution in [2.75, 3.05) is 19.7 Å². The van der Waals surface area contributed by atoms with Gasteiger partial charge in [0, 0.05) is 19.5 Å². The van der Waals surface area contributed by atoms with Crippen LogP contribution in [0.15, 0.2) is 0 Å². The summed E-state index contributed by atoms with van der Waals surface area (Å²) in [5.41, 5.74) is 0. The first-order valence-electron chi connectivity index (χ1n) is 5.98. The van der Waals surface area contributed by atoms with Crippen LogP contribution in [0.2, 0.25) is 0 Å². The molecule has 5 nitrogen and oxygen atoms in total. The van der Waals surface area contributed by atoms with Crippen molar-refractivity contribution in [2.24, 2.45) is 5.92 Å². The first-order valence-corrected chi connectivity index (χ1v) is 5.98. The van der Waals surface area contributed by atoms with Crippen LogP contribution < -0.4 is 0 Å². The number of aliphatic carboxylic acids is 1. The third-order valence-corrected chi connectivity index (χ3v) is 3.00. The van der Waals surface area contributed by atoms with Crippen molar-refractivity contribution < 1.29 is 32.6 Å². The Bertz CT molecular complexity index is 324. The number of nitrogens with zero attached hydrogens (tertiary/aromatic N) is 1. The first kappa shape index (κ1) is 15.6. The van der Waals surface area contributed by atoms with Crippen LogP contribution in [0.4, 0.5) is 18.0 Å². The molecule has 1 aliphatic rings. The topological polar surface area (TPSA) is 66.8 Å². The normalized spacial score (nSPS) is 17.3. The van der Waals surface area contributed by atoms with Gasteiger partial charge in [-0.2, -0.15) is 13.2 Å². The molecular weight excluding hydrogens is 267 g/mol. The Morgan fingerprint density at radius 2 is 1.84 bits per heavy atom. The fourth-order valence-electron chi connectivity index (χ4n) is 1.97. The summed E-state index contributed by atoms with van der Waals surface area (Å²) < 4.78 is 39.8. The molecule has 110 valence electrons. The van der Waals surface area contributed by atoms with E-state index in [4.69, 9.17) is 5.11 Å². The van der Waals surface area contributed by atoms with Crippen molar-refractivity contribution in [1.29, 1.82) is 0 Å². The molecule has 19 heavy (non-hydrogen) atoms. The van der Waals surface area contributed by atoms with Crippen LogP contribution in [0, 0.1) is 5.92 Å². The second-order valence-corrected chi connectivity index (χ2v) is 4.53. The number of alkyl halides is 3.